The average Bonchev–Trinajstić information content (AvgIpc) is 2.12. The topological polar surface area (TPSA) is 55.1 Å². The molecule has 0 aliphatic heterocycles. The first-order valence-electron chi connectivity index (χ1n) is 5.77. The first-order chi connectivity index (χ1) is 7.20. The maximum Gasteiger partial charge on any atom is 0.229 e. The van der Waals surface area contributed by atoms with Gasteiger partial charge in [0.25, 0.3) is 0 Å². The molecule has 0 aromatic rings. The minimum absolute atomic E-state index is 0.0499. The Morgan fingerprint density at radius 3 is 2.25 bits per heavy atom. The van der Waals surface area contributed by atoms with Crippen LogP contribution in [0.5, 0.6) is 0 Å². The lowest BCUT2D eigenvalue weighted by atomic mass is 9.82. The second kappa shape index (κ2) is 6.18. The van der Waals surface area contributed by atoms with E-state index in [9.17, 15) is 4.79 Å². The minimum Gasteiger partial charge on any atom is -0.393 e. The van der Waals surface area contributed by atoms with E-state index < -0.39 is 0 Å². The van der Waals surface area contributed by atoms with Crippen LogP contribution in [0.3, 0.4) is 0 Å². The van der Waals surface area contributed by atoms with Crippen molar-refractivity contribution in [3.05, 3.63) is 0 Å². The van der Waals surface area contributed by atoms with Crippen molar-refractivity contribution in [2.45, 2.75) is 41.0 Å². The Morgan fingerprint density at radius 2 is 1.94 bits per heavy atom. The number of nitrogens with one attached hydrogen (secondary N) is 1. The van der Waals surface area contributed by atoms with Gasteiger partial charge in [-0.05, 0) is 17.8 Å². The molecule has 3 nitrogen and oxygen atoms in total. The summed E-state index contributed by atoms with van der Waals surface area (Å²) in [7, 11) is 0. The summed E-state index contributed by atoms with van der Waals surface area (Å²) in [6.45, 7) is 11.2. The van der Waals surface area contributed by atoms with Gasteiger partial charge in [0.15, 0.2) is 0 Å². The molecule has 0 bridgehead atoms. The second-order valence-corrected chi connectivity index (χ2v) is 5.85. The highest BCUT2D eigenvalue weighted by Gasteiger charge is 2.23. The van der Waals surface area contributed by atoms with Crippen LogP contribution in [0.25, 0.3) is 0 Å². The molecule has 16 heavy (non-hydrogen) atoms. The van der Waals surface area contributed by atoms with Gasteiger partial charge < -0.3 is 11.1 Å². The summed E-state index contributed by atoms with van der Waals surface area (Å²) in [5.74, 6) is 0.0357. The Balaban J connectivity index is 4.21. The normalized spacial score (nSPS) is 15.3. The maximum atomic E-state index is 11.8. The molecule has 0 aliphatic rings. The monoisotopic (exact) mass is 244 g/mol. The largest absolute Gasteiger partial charge is 0.393 e. The molecule has 0 aromatic heterocycles. The van der Waals surface area contributed by atoms with Gasteiger partial charge >= 0.3 is 0 Å². The lowest BCUT2D eigenvalue weighted by Crippen LogP contribution is -2.41. The summed E-state index contributed by atoms with van der Waals surface area (Å²) in [6.07, 6.45) is 0.658. The summed E-state index contributed by atoms with van der Waals surface area (Å²) >= 11 is 4.86. The van der Waals surface area contributed by atoms with Crippen LogP contribution in [0.15, 0.2) is 0 Å². The Kier molecular flexibility index (Phi) is 5.94. The van der Waals surface area contributed by atoms with Gasteiger partial charge in [-0.15, -0.1) is 0 Å². The van der Waals surface area contributed by atoms with Crippen LogP contribution in [0, 0.1) is 17.3 Å². The summed E-state index contributed by atoms with van der Waals surface area (Å²) in [4.78, 5) is 12.0. The van der Waals surface area contributed by atoms with E-state index in [0.29, 0.717) is 18.9 Å². The molecular formula is C12H24N2OS. The molecule has 0 saturated heterocycles. The second-order valence-electron chi connectivity index (χ2n) is 5.38. The van der Waals surface area contributed by atoms with Gasteiger partial charge in [-0.2, -0.15) is 0 Å². The molecule has 0 aliphatic carbocycles. The quantitative estimate of drug-likeness (QED) is 0.728. The lowest BCUT2D eigenvalue weighted by molar-refractivity contribution is -0.123. The number of hydrogen-bond donors (Lipinski definition) is 2. The number of carbonyl (C=O) groups excluding carboxylic acids is 1. The van der Waals surface area contributed by atoms with E-state index in [1.54, 1.807) is 0 Å². The predicted octanol–water partition coefficient (Wildman–Crippen LogP) is 2.10. The molecule has 0 radical (unpaired) electrons. The van der Waals surface area contributed by atoms with Crippen LogP contribution in [-0.4, -0.2) is 17.4 Å². The summed E-state index contributed by atoms with van der Waals surface area (Å²) < 4.78 is 0. The van der Waals surface area contributed by atoms with E-state index in [4.69, 9.17) is 18.0 Å². The fraction of sp³-hybridized carbons (Fsp3) is 0.833. The Bertz CT molecular complexity index is 258. The third kappa shape index (κ3) is 4.92. The zero-order valence-electron chi connectivity index (χ0n) is 11.0. The van der Waals surface area contributed by atoms with E-state index in [1.807, 2.05) is 6.92 Å². The highest BCUT2D eigenvalue weighted by Crippen LogP contribution is 2.24. The molecule has 1 amide bonds. The molecule has 3 N–H and O–H groups in total. The van der Waals surface area contributed by atoms with Crippen LogP contribution >= 0.6 is 12.2 Å². The Labute approximate surface area is 104 Å². The van der Waals surface area contributed by atoms with Crippen molar-refractivity contribution in [2.24, 2.45) is 23.0 Å². The van der Waals surface area contributed by atoms with Crippen molar-refractivity contribution < 1.29 is 4.79 Å². The van der Waals surface area contributed by atoms with Gasteiger partial charge in [0, 0.05) is 6.54 Å². The molecule has 0 rings (SSSR count). The third-order valence-electron chi connectivity index (χ3n) is 3.13. The fourth-order valence-electron chi connectivity index (χ4n) is 1.20. The van der Waals surface area contributed by atoms with Crippen molar-refractivity contribution in [3.8, 4) is 0 Å². The van der Waals surface area contributed by atoms with E-state index in [2.05, 4.69) is 33.0 Å². The van der Waals surface area contributed by atoms with Crippen molar-refractivity contribution in [1.29, 1.82) is 0 Å². The van der Waals surface area contributed by atoms with Gasteiger partial charge in [-0.3, -0.25) is 4.79 Å². The molecule has 2 unspecified atom stereocenters. The number of thiocarbonyl (C=S) groups is 1. The Morgan fingerprint density at radius 1 is 1.44 bits per heavy atom. The predicted molar refractivity (Wildman–Crippen MR) is 72.2 cm³/mol. The molecular weight excluding hydrogens is 220 g/mol. The van der Waals surface area contributed by atoms with Gasteiger partial charge in [0.1, 0.15) is 0 Å². The SMILES string of the molecule is CCC(C(=O)NCC(C)C(C)(C)C)C(N)=S. The fourth-order valence-corrected chi connectivity index (χ4v) is 1.47. The van der Waals surface area contributed by atoms with Crippen LogP contribution in [0.2, 0.25) is 0 Å². The molecule has 4 heteroatoms. The van der Waals surface area contributed by atoms with Crippen LogP contribution in [0.4, 0.5) is 0 Å². The molecule has 0 heterocycles. The van der Waals surface area contributed by atoms with Crippen molar-refractivity contribution in [2.75, 3.05) is 6.54 Å². The summed E-state index contributed by atoms with van der Waals surface area (Å²) in [5.41, 5.74) is 5.70. The van der Waals surface area contributed by atoms with Crippen LogP contribution in [0.1, 0.15) is 41.0 Å². The maximum absolute atomic E-state index is 11.8. The van der Waals surface area contributed by atoms with Gasteiger partial charge in [-0.1, -0.05) is 46.8 Å². The standard InChI is InChI=1S/C12H24N2OS/c1-6-9(10(13)16)11(15)14-7-8(2)12(3,4)5/h8-9H,6-7H2,1-5H3,(H2,13,16)(H,14,15). The van der Waals surface area contributed by atoms with Crippen molar-refractivity contribution in [3.63, 3.8) is 0 Å². The van der Waals surface area contributed by atoms with E-state index in [0.717, 1.165) is 0 Å². The smallest absolute Gasteiger partial charge is 0.229 e. The first-order valence-corrected chi connectivity index (χ1v) is 6.18. The highest BCUT2D eigenvalue weighted by atomic mass is 32.1. The average molecular weight is 244 g/mol. The molecule has 2 atom stereocenters. The summed E-state index contributed by atoms with van der Waals surface area (Å²) in [6, 6.07) is 0. The van der Waals surface area contributed by atoms with Gasteiger partial charge in [0.2, 0.25) is 5.91 Å². The van der Waals surface area contributed by atoms with Crippen molar-refractivity contribution >= 4 is 23.1 Å². The van der Waals surface area contributed by atoms with Gasteiger partial charge in [0.05, 0.1) is 10.9 Å². The number of nitrogens with two attached hydrogens (primary N) is 1. The highest BCUT2D eigenvalue weighted by molar-refractivity contribution is 7.80. The van der Waals surface area contributed by atoms with E-state index >= 15 is 0 Å². The summed E-state index contributed by atoms with van der Waals surface area (Å²) in [5, 5.41) is 2.91. The zero-order valence-corrected chi connectivity index (χ0v) is 11.8. The van der Waals surface area contributed by atoms with E-state index in [-0.39, 0.29) is 22.2 Å². The number of hydrogen-bond acceptors (Lipinski definition) is 2. The zero-order chi connectivity index (χ0) is 12.9. The molecule has 0 spiro atoms. The van der Waals surface area contributed by atoms with Crippen LogP contribution < -0.4 is 11.1 Å². The molecule has 0 saturated carbocycles. The minimum atomic E-state index is -0.331. The molecule has 0 aromatic carbocycles. The Hall–Kier alpha value is -0.640. The van der Waals surface area contributed by atoms with Crippen molar-refractivity contribution in [1.82, 2.24) is 5.32 Å². The van der Waals surface area contributed by atoms with Gasteiger partial charge in [-0.25, -0.2) is 0 Å². The third-order valence-corrected chi connectivity index (χ3v) is 3.41. The molecule has 94 valence electrons. The number of carbonyl (C=O) groups is 1. The first kappa shape index (κ1) is 15.4. The molecule has 0 fully saturated rings. The lowest BCUT2D eigenvalue weighted by Gasteiger charge is -2.28. The van der Waals surface area contributed by atoms with Crippen LogP contribution in [-0.2, 0) is 4.79 Å². The van der Waals surface area contributed by atoms with E-state index in [1.165, 1.54) is 0 Å². The number of rotatable bonds is 5. The number of amides is 1.